The van der Waals surface area contributed by atoms with Gasteiger partial charge in [-0.3, -0.25) is 4.99 Å². The zero-order chi connectivity index (χ0) is 20.5. The molecule has 1 heterocycles. The van der Waals surface area contributed by atoms with Crippen LogP contribution in [0.4, 0.5) is 5.69 Å². The fraction of sp³-hybridized carbons (Fsp3) is 0.409. The number of hydrogen-bond acceptors (Lipinski definition) is 5. The molecule has 8 heteroatoms. The molecule has 0 saturated carbocycles. The number of benzene rings is 2. The van der Waals surface area contributed by atoms with Crippen LogP contribution in [0, 0.1) is 0 Å². The number of hydrogen-bond donors (Lipinski definition) is 2. The molecular formula is C22H31IN4O3. The van der Waals surface area contributed by atoms with Gasteiger partial charge in [0.15, 0.2) is 17.5 Å². The Hall–Kier alpha value is -2.20. The lowest BCUT2D eigenvalue weighted by atomic mass is 10.2. The van der Waals surface area contributed by atoms with Crippen LogP contribution in [0.5, 0.6) is 11.5 Å². The Morgan fingerprint density at radius 3 is 2.13 bits per heavy atom. The van der Waals surface area contributed by atoms with E-state index in [1.807, 2.05) is 18.2 Å². The third kappa shape index (κ3) is 6.66. The lowest BCUT2D eigenvalue weighted by molar-refractivity contribution is 0.122. The number of nitrogens with one attached hydrogen (secondary N) is 2. The molecule has 164 valence electrons. The van der Waals surface area contributed by atoms with Crippen molar-refractivity contribution in [2.24, 2.45) is 4.99 Å². The Morgan fingerprint density at radius 1 is 0.933 bits per heavy atom. The van der Waals surface area contributed by atoms with Crippen LogP contribution < -0.4 is 25.0 Å². The second kappa shape index (κ2) is 12.5. The van der Waals surface area contributed by atoms with Crippen molar-refractivity contribution in [3.05, 3.63) is 53.6 Å². The van der Waals surface area contributed by atoms with Crippen LogP contribution in [-0.2, 0) is 17.8 Å². The molecule has 30 heavy (non-hydrogen) atoms. The van der Waals surface area contributed by atoms with Crippen LogP contribution in [0.25, 0.3) is 0 Å². The molecule has 0 aliphatic carbocycles. The van der Waals surface area contributed by atoms with Crippen molar-refractivity contribution in [2.45, 2.75) is 13.1 Å². The first kappa shape index (κ1) is 24.1. The minimum Gasteiger partial charge on any atom is -0.493 e. The molecule has 0 spiro atoms. The lowest BCUT2D eigenvalue weighted by Crippen LogP contribution is -2.36. The van der Waals surface area contributed by atoms with Crippen LogP contribution in [0.2, 0.25) is 0 Å². The average molecular weight is 526 g/mol. The van der Waals surface area contributed by atoms with E-state index >= 15 is 0 Å². The van der Waals surface area contributed by atoms with Crippen LogP contribution in [0.15, 0.2) is 47.5 Å². The number of ether oxygens (including phenoxy) is 3. The van der Waals surface area contributed by atoms with Gasteiger partial charge in [0, 0.05) is 38.9 Å². The average Bonchev–Trinajstić information content (AvgIpc) is 2.80. The highest BCUT2D eigenvalue weighted by molar-refractivity contribution is 14.0. The van der Waals surface area contributed by atoms with Crippen molar-refractivity contribution < 1.29 is 14.2 Å². The number of nitrogens with zero attached hydrogens (tertiary/aromatic N) is 2. The van der Waals surface area contributed by atoms with Gasteiger partial charge in [0.05, 0.1) is 27.4 Å². The van der Waals surface area contributed by atoms with Crippen molar-refractivity contribution >= 4 is 35.6 Å². The van der Waals surface area contributed by atoms with E-state index in [1.54, 1.807) is 21.3 Å². The van der Waals surface area contributed by atoms with Crippen molar-refractivity contribution in [1.29, 1.82) is 0 Å². The predicted molar refractivity (Wildman–Crippen MR) is 131 cm³/mol. The van der Waals surface area contributed by atoms with Gasteiger partial charge < -0.3 is 29.7 Å². The van der Waals surface area contributed by atoms with Crippen molar-refractivity contribution in [2.75, 3.05) is 52.5 Å². The van der Waals surface area contributed by atoms with Gasteiger partial charge in [-0.05, 0) is 35.4 Å². The van der Waals surface area contributed by atoms with Crippen LogP contribution >= 0.6 is 24.0 Å². The van der Waals surface area contributed by atoms with Crippen LogP contribution in [0.1, 0.15) is 11.1 Å². The lowest BCUT2D eigenvalue weighted by Gasteiger charge is -2.28. The fourth-order valence-electron chi connectivity index (χ4n) is 3.23. The normalized spacial score (nSPS) is 14.0. The molecule has 1 fully saturated rings. The first-order valence-electron chi connectivity index (χ1n) is 9.80. The monoisotopic (exact) mass is 526 g/mol. The molecule has 2 N–H and O–H groups in total. The van der Waals surface area contributed by atoms with Gasteiger partial charge in [0.2, 0.25) is 0 Å². The highest BCUT2D eigenvalue weighted by Crippen LogP contribution is 2.27. The summed E-state index contributed by atoms with van der Waals surface area (Å²) in [4.78, 5) is 6.65. The summed E-state index contributed by atoms with van der Waals surface area (Å²) in [6.07, 6.45) is 0. The number of methoxy groups -OCH3 is 2. The topological polar surface area (TPSA) is 67.4 Å². The largest absolute Gasteiger partial charge is 0.493 e. The van der Waals surface area contributed by atoms with E-state index in [-0.39, 0.29) is 24.0 Å². The number of aliphatic imine (C=N–C) groups is 1. The third-order valence-electron chi connectivity index (χ3n) is 4.90. The van der Waals surface area contributed by atoms with Gasteiger partial charge >= 0.3 is 0 Å². The van der Waals surface area contributed by atoms with Gasteiger partial charge in [-0.1, -0.05) is 18.2 Å². The van der Waals surface area contributed by atoms with Crippen LogP contribution in [0.3, 0.4) is 0 Å². The molecule has 1 aliphatic rings. The van der Waals surface area contributed by atoms with Gasteiger partial charge in [0.1, 0.15) is 0 Å². The quantitative estimate of drug-likeness (QED) is 0.329. The van der Waals surface area contributed by atoms with E-state index in [0.717, 1.165) is 49.3 Å². The van der Waals surface area contributed by atoms with E-state index in [2.05, 4.69) is 44.8 Å². The molecule has 3 rings (SSSR count). The molecule has 0 radical (unpaired) electrons. The van der Waals surface area contributed by atoms with Crippen LogP contribution in [-0.4, -0.2) is 53.5 Å². The van der Waals surface area contributed by atoms with Crippen molar-refractivity contribution in [3.8, 4) is 11.5 Å². The molecule has 0 aromatic heterocycles. The molecular weight excluding hydrogens is 495 g/mol. The predicted octanol–water partition coefficient (Wildman–Crippen LogP) is 3.02. The molecule has 1 saturated heterocycles. The van der Waals surface area contributed by atoms with Crippen molar-refractivity contribution in [3.63, 3.8) is 0 Å². The number of rotatable bonds is 7. The molecule has 1 aliphatic heterocycles. The summed E-state index contributed by atoms with van der Waals surface area (Å²) < 4.78 is 16.1. The summed E-state index contributed by atoms with van der Waals surface area (Å²) in [7, 11) is 5.04. The first-order chi connectivity index (χ1) is 14.2. The summed E-state index contributed by atoms with van der Waals surface area (Å²) in [5, 5.41) is 6.68. The third-order valence-corrected chi connectivity index (χ3v) is 4.90. The molecule has 0 atom stereocenters. The Labute approximate surface area is 195 Å². The summed E-state index contributed by atoms with van der Waals surface area (Å²) in [6, 6.07) is 14.5. The highest BCUT2D eigenvalue weighted by atomic mass is 127. The van der Waals surface area contributed by atoms with Gasteiger partial charge in [-0.25, -0.2) is 0 Å². The summed E-state index contributed by atoms with van der Waals surface area (Å²) >= 11 is 0. The van der Waals surface area contributed by atoms with Gasteiger partial charge in [0.25, 0.3) is 0 Å². The fourth-order valence-corrected chi connectivity index (χ4v) is 3.23. The number of morpholine rings is 1. The second-order valence-electron chi connectivity index (χ2n) is 6.73. The van der Waals surface area contributed by atoms with E-state index in [9.17, 15) is 0 Å². The number of anilines is 1. The number of guanidine groups is 1. The Kier molecular flexibility index (Phi) is 10.0. The van der Waals surface area contributed by atoms with E-state index in [0.29, 0.717) is 13.1 Å². The van der Waals surface area contributed by atoms with Crippen molar-refractivity contribution in [1.82, 2.24) is 10.6 Å². The summed E-state index contributed by atoms with van der Waals surface area (Å²) in [5.74, 6) is 2.19. The smallest absolute Gasteiger partial charge is 0.191 e. The maximum Gasteiger partial charge on any atom is 0.191 e. The molecule has 0 unspecified atom stereocenters. The Morgan fingerprint density at radius 2 is 1.53 bits per heavy atom. The number of halogens is 1. The Bertz CT molecular complexity index is 809. The molecule has 0 amide bonds. The maximum atomic E-state index is 5.42. The molecule has 0 bridgehead atoms. The van der Waals surface area contributed by atoms with E-state index in [1.165, 1.54) is 11.3 Å². The Balaban J connectivity index is 0.00000320. The SMILES string of the molecule is CN=C(NCc1ccc(N2CCOCC2)cc1)NCc1ccc(OC)c(OC)c1.I. The molecule has 7 nitrogen and oxygen atoms in total. The van der Waals surface area contributed by atoms with Gasteiger partial charge in [-0.2, -0.15) is 0 Å². The zero-order valence-electron chi connectivity index (χ0n) is 17.8. The minimum absolute atomic E-state index is 0. The first-order valence-corrected chi connectivity index (χ1v) is 9.80. The van der Waals surface area contributed by atoms with Gasteiger partial charge in [-0.15, -0.1) is 24.0 Å². The highest BCUT2D eigenvalue weighted by Gasteiger charge is 2.11. The second-order valence-corrected chi connectivity index (χ2v) is 6.73. The van der Waals surface area contributed by atoms with E-state index in [4.69, 9.17) is 14.2 Å². The minimum atomic E-state index is 0. The maximum absolute atomic E-state index is 5.42. The standard InChI is InChI=1S/C22H30N4O3.HI/c1-23-22(25-16-18-6-9-20(27-2)21(14-18)28-3)24-15-17-4-7-19(8-5-17)26-10-12-29-13-11-26;/h4-9,14H,10-13,15-16H2,1-3H3,(H2,23,24,25);1H. The summed E-state index contributed by atoms with van der Waals surface area (Å²) in [5.41, 5.74) is 3.53. The zero-order valence-corrected chi connectivity index (χ0v) is 20.1. The summed E-state index contributed by atoms with van der Waals surface area (Å²) in [6.45, 7) is 4.83. The molecule has 2 aromatic carbocycles. The molecule has 2 aromatic rings. The van der Waals surface area contributed by atoms with E-state index < -0.39 is 0 Å².